The summed E-state index contributed by atoms with van der Waals surface area (Å²) < 4.78 is 26.0. The second kappa shape index (κ2) is 6.14. The topological polar surface area (TPSA) is 113 Å². The number of nitrogens with one attached hydrogen (secondary N) is 1. The van der Waals surface area contributed by atoms with Gasteiger partial charge in [-0.15, -0.1) is 0 Å². The van der Waals surface area contributed by atoms with Crippen molar-refractivity contribution < 1.29 is 18.6 Å². The van der Waals surface area contributed by atoms with Gasteiger partial charge in [0.2, 0.25) is 10.0 Å². The summed E-state index contributed by atoms with van der Waals surface area (Å²) in [6.07, 6.45) is 0.718. The van der Waals surface area contributed by atoms with Gasteiger partial charge in [-0.05, 0) is 24.1 Å². The Hall–Kier alpha value is -1.15. The molecule has 0 aromatic heterocycles. The number of aliphatic hydroxyl groups is 2. The second-order valence-corrected chi connectivity index (χ2v) is 5.61. The molecule has 0 bridgehead atoms. The Bertz CT molecular complexity index is 498. The molecule has 0 aliphatic heterocycles. The fourth-order valence-corrected chi connectivity index (χ4v) is 2.74. The van der Waals surface area contributed by atoms with Gasteiger partial charge in [-0.25, -0.2) is 13.1 Å². The van der Waals surface area contributed by atoms with Crippen LogP contribution in [0.5, 0.6) is 0 Å². The Morgan fingerprint density at radius 3 is 2.39 bits per heavy atom. The largest absolute Gasteiger partial charge is 0.398 e. The van der Waals surface area contributed by atoms with Gasteiger partial charge in [0.25, 0.3) is 0 Å². The second-order valence-electron chi connectivity index (χ2n) is 3.90. The highest BCUT2D eigenvalue weighted by molar-refractivity contribution is 7.89. The zero-order valence-electron chi connectivity index (χ0n) is 10.1. The zero-order chi connectivity index (χ0) is 13.8. The lowest BCUT2D eigenvalue weighted by Crippen LogP contribution is -2.40. The molecule has 0 amide bonds. The van der Waals surface area contributed by atoms with Gasteiger partial charge in [-0.2, -0.15) is 0 Å². The van der Waals surface area contributed by atoms with Crippen LogP contribution in [0.1, 0.15) is 12.5 Å². The third kappa shape index (κ3) is 3.42. The van der Waals surface area contributed by atoms with Crippen molar-refractivity contribution in [1.29, 1.82) is 0 Å². The van der Waals surface area contributed by atoms with E-state index in [0.29, 0.717) is 5.69 Å². The Morgan fingerprint density at radius 1 is 1.33 bits per heavy atom. The first-order valence-electron chi connectivity index (χ1n) is 5.57. The fraction of sp³-hybridized carbons (Fsp3) is 0.455. The monoisotopic (exact) mass is 274 g/mol. The summed E-state index contributed by atoms with van der Waals surface area (Å²) in [5, 5.41) is 17.7. The number of anilines is 1. The molecule has 1 aromatic rings. The van der Waals surface area contributed by atoms with Crippen molar-refractivity contribution in [2.24, 2.45) is 0 Å². The number of rotatable bonds is 6. The van der Waals surface area contributed by atoms with Crippen LogP contribution in [0.15, 0.2) is 23.1 Å². The van der Waals surface area contributed by atoms with Crippen LogP contribution < -0.4 is 10.5 Å². The summed E-state index contributed by atoms with van der Waals surface area (Å²) in [6, 6.07) is 3.55. The number of sulfonamides is 1. The normalized spacial score (nSPS) is 12.0. The van der Waals surface area contributed by atoms with Crippen molar-refractivity contribution >= 4 is 15.7 Å². The lowest BCUT2D eigenvalue weighted by Gasteiger charge is -2.14. The van der Waals surface area contributed by atoms with E-state index in [-0.39, 0.29) is 4.90 Å². The third-order valence-electron chi connectivity index (χ3n) is 2.57. The molecule has 0 heterocycles. The molecule has 0 fully saturated rings. The molecule has 0 radical (unpaired) electrons. The minimum absolute atomic E-state index is 0.0177. The summed E-state index contributed by atoms with van der Waals surface area (Å²) in [5.74, 6) is 0. The zero-order valence-corrected chi connectivity index (χ0v) is 10.9. The van der Waals surface area contributed by atoms with Crippen LogP contribution in [0.3, 0.4) is 0 Å². The van der Waals surface area contributed by atoms with E-state index in [0.717, 1.165) is 12.0 Å². The van der Waals surface area contributed by atoms with E-state index in [1.165, 1.54) is 12.1 Å². The van der Waals surface area contributed by atoms with E-state index >= 15 is 0 Å². The van der Waals surface area contributed by atoms with E-state index < -0.39 is 29.3 Å². The van der Waals surface area contributed by atoms with Crippen LogP contribution in [0.25, 0.3) is 0 Å². The maximum absolute atomic E-state index is 11.9. The van der Waals surface area contributed by atoms with Gasteiger partial charge >= 0.3 is 0 Å². The van der Waals surface area contributed by atoms with Gasteiger partial charge < -0.3 is 15.9 Å². The first-order valence-corrected chi connectivity index (χ1v) is 7.05. The van der Waals surface area contributed by atoms with Gasteiger partial charge in [-0.3, -0.25) is 0 Å². The Kier molecular flexibility index (Phi) is 5.09. The molecule has 7 heteroatoms. The molecule has 5 N–H and O–H groups in total. The minimum atomic E-state index is -3.78. The van der Waals surface area contributed by atoms with Crippen molar-refractivity contribution in [1.82, 2.24) is 4.72 Å². The number of nitrogen functional groups attached to an aromatic ring is 1. The van der Waals surface area contributed by atoms with E-state index in [2.05, 4.69) is 4.72 Å². The number of hydrogen-bond donors (Lipinski definition) is 4. The summed E-state index contributed by atoms with van der Waals surface area (Å²) in [6.45, 7) is 0.974. The van der Waals surface area contributed by atoms with Crippen molar-refractivity contribution in [2.75, 3.05) is 18.9 Å². The predicted octanol–water partition coefficient (Wildman–Crippen LogP) is -0.537. The lowest BCUT2D eigenvalue weighted by atomic mass is 10.1. The van der Waals surface area contributed by atoms with Crippen LogP contribution in [-0.2, 0) is 16.4 Å². The van der Waals surface area contributed by atoms with E-state index in [9.17, 15) is 8.42 Å². The van der Waals surface area contributed by atoms with Gasteiger partial charge in [0.1, 0.15) is 0 Å². The molecule has 6 nitrogen and oxygen atoms in total. The van der Waals surface area contributed by atoms with Crippen LogP contribution >= 0.6 is 0 Å². The number of hydrogen-bond acceptors (Lipinski definition) is 5. The van der Waals surface area contributed by atoms with Crippen LogP contribution in [0.4, 0.5) is 5.69 Å². The molecule has 102 valence electrons. The quantitative estimate of drug-likeness (QED) is 0.521. The van der Waals surface area contributed by atoms with Crippen molar-refractivity contribution in [3.63, 3.8) is 0 Å². The highest BCUT2D eigenvalue weighted by atomic mass is 32.2. The van der Waals surface area contributed by atoms with Gasteiger partial charge in [0.15, 0.2) is 0 Å². The molecular formula is C11H18N2O4S. The highest BCUT2D eigenvalue weighted by Crippen LogP contribution is 2.18. The lowest BCUT2D eigenvalue weighted by molar-refractivity contribution is 0.185. The molecule has 18 heavy (non-hydrogen) atoms. The Morgan fingerprint density at radius 2 is 1.94 bits per heavy atom. The minimum Gasteiger partial charge on any atom is -0.398 e. The summed E-state index contributed by atoms with van der Waals surface area (Å²) >= 11 is 0. The first-order chi connectivity index (χ1) is 8.44. The number of nitrogens with two attached hydrogens (primary N) is 1. The van der Waals surface area contributed by atoms with Crippen molar-refractivity contribution in [3.8, 4) is 0 Å². The highest BCUT2D eigenvalue weighted by Gasteiger charge is 2.19. The predicted molar refractivity (Wildman–Crippen MR) is 68.5 cm³/mol. The van der Waals surface area contributed by atoms with Gasteiger partial charge in [0.05, 0.1) is 24.2 Å². The van der Waals surface area contributed by atoms with E-state index in [1.807, 2.05) is 6.92 Å². The number of benzene rings is 1. The average molecular weight is 274 g/mol. The van der Waals surface area contributed by atoms with E-state index in [1.54, 1.807) is 6.07 Å². The standard InChI is InChI=1S/C11H18N2O4S/c1-2-8-3-4-10(5-11(8)12)18(16,17)13-9(6-14)7-15/h3-5,9,13-15H,2,6-7,12H2,1H3. The average Bonchev–Trinajstić information content (AvgIpc) is 2.35. The van der Waals surface area contributed by atoms with Crippen molar-refractivity contribution in [3.05, 3.63) is 23.8 Å². The maximum Gasteiger partial charge on any atom is 0.241 e. The first kappa shape index (κ1) is 14.9. The number of aliphatic hydroxyl groups excluding tert-OH is 2. The molecule has 1 aromatic carbocycles. The van der Waals surface area contributed by atoms with Gasteiger partial charge in [0, 0.05) is 5.69 Å². The molecule has 0 saturated carbocycles. The van der Waals surface area contributed by atoms with Crippen molar-refractivity contribution in [2.45, 2.75) is 24.3 Å². The molecule has 0 atom stereocenters. The van der Waals surface area contributed by atoms with Gasteiger partial charge in [-0.1, -0.05) is 13.0 Å². The molecule has 0 aliphatic carbocycles. The SMILES string of the molecule is CCc1ccc(S(=O)(=O)NC(CO)CO)cc1N. The molecule has 0 saturated heterocycles. The third-order valence-corrected chi connectivity index (χ3v) is 4.09. The Balaban J connectivity index is 3.02. The number of aryl methyl sites for hydroxylation is 1. The molecule has 0 unspecified atom stereocenters. The molecule has 0 aliphatic rings. The summed E-state index contributed by atoms with van der Waals surface area (Å²) in [4.78, 5) is 0.0177. The Labute approximate surface area is 106 Å². The molecule has 1 rings (SSSR count). The summed E-state index contributed by atoms with van der Waals surface area (Å²) in [5.41, 5.74) is 7.01. The smallest absolute Gasteiger partial charge is 0.241 e. The van der Waals surface area contributed by atoms with Crippen LogP contribution in [-0.4, -0.2) is 37.9 Å². The summed E-state index contributed by atoms with van der Waals surface area (Å²) in [7, 11) is -3.78. The maximum atomic E-state index is 11.9. The molecular weight excluding hydrogens is 256 g/mol. The fourth-order valence-electron chi connectivity index (χ4n) is 1.48. The van der Waals surface area contributed by atoms with Crippen LogP contribution in [0, 0.1) is 0 Å². The molecule has 0 spiro atoms. The van der Waals surface area contributed by atoms with E-state index in [4.69, 9.17) is 15.9 Å². The van der Waals surface area contributed by atoms with Crippen LogP contribution in [0.2, 0.25) is 0 Å².